The molecule has 228 valence electrons. The number of hydrogen-bond acceptors (Lipinski definition) is 10. The number of halogens is 3. The summed E-state index contributed by atoms with van der Waals surface area (Å²) in [6, 6.07) is 8.74. The Labute approximate surface area is 242 Å². The van der Waals surface area contributed by atoms with Gasteiger partial charge in [-0.1, -0.05) is 0 Å². The van der Waals surface area contributed by atoms with Crippen molar-refractivity contribution in [1.82, 2.24) is 9.88 Å². The highest BCUT2D eigenvalue weighted by Gasteiger charge is 2.64. The van der Waals surface area contributed by atoms with Gasteiger partial charge >= 0.3 is 12.3 Å². The summed E-state index contributed by atoms with van der Waals surface area (Å²) in [4.78, 5) is 32.0. The molecule has 2 aromatic carbocycles. The van der Waals surface area contributed by atoms with Crippen molar-refractivity contribution in [3.05, 3.63) is 71.9 Å². The van der Waals surface area contributed by atoms with Crippen molar-refractivity contribution >= 4 is 27.6 Å². The summed E-state index contributed by atoms with van der Waals surface area (Å²) in [5.41, 5.74) is -3.35. The number of aliphatic hydroxyl groups excluding tert-OH is 1. The number of sulfonamides is 1. The fraction of sp³-hybridized carbons (Fsp3) is 0.296. The van der Waals surface area contributed by atoms with E-state index >= 15 is 0 Å². The molecule has 43 heavy (non-hydrogen) atoms. The molecular weight excluding hydrogens is 599 g/mol. The van der Waals surface area contributed by atoms with Crippen LogP contribution in [0.25, 0.3) is 0 Å². The Hall–Kier alpha value is -4.41. The number of likely N-dealkylation sites (tertiary alicyclic amines) is 1. The molecule has 1 fully saturated rings. The van der Waals surface area contributed by atoms with Crippen LogP contribution in [-0.2, 0) is 25.2 Å². The number of aliphatic hydroxyl groups is 1. The summed E-state index contributed by atoms with van der Waals surface area (Å²) in [6.07, 6.45) is -5.53. The molecule has 16 heteroatoms. The molecule has 0 radical (unpaired) electrons. The Morgan fingerprint density at radius 3 is 2.33 bits per heavy atom. The number of carboxylic acid groups (broad SMARTS) is 1. The van der Waals surface area contributed by atoms with E-state index in [4.69, 9.17) is 9.47 Å². The van der Waals surface area contributed by atoms with Crippen LogP contribution in [0.5, 0.6) is 17.4 Å². The predicted octanol–water partition coefficient (Wildman–Crippen LogP) is 2.50. The molecule has 0 aliphatic carbocycles. The van der Waals surface area contributed by atoms with E-state index in [1.54, 1.807) is 0 Å². The van der Waals surface area contributed by atoms with Crippen molar-refractivity contribution in [2.75, 3.05) is 25.1 Å². The van der Waals surface area contributed by atoms with Crippen LogP contribution in [-0.4, -0.2) is 79.7 Å². The molecule has 3 aromatic rings. The van der Waals surface area contributed by atoms with Crippen molar-refractivity contribution in [3.63, 3.8) is 0 Å². The third-order valence-corrected chi connectivity index (χ3v) is 8.96. The summed E-state index contributed by atoms with van der Waals surface area (Å²) >= 11 is 0. The number of alkyl halides is 3. The lowest BCUT2D eigenvalue weighted by Crippen LogP contribution is -2.58. The van der Waals surface area contributed by atoms with Gasteiger partial charge in [0.15, 0.2) is 5.54 Å². The van der Waals surface area contributed by atoms with Crippen LogP contribution in [0.15, 0.2) is 65.7 Å². The van der Waals surface area contributed by atoms with E-state index in [-0.39, 0.29) is 34.0 Å². The maximum Gasteiger partial charge on any atom is 0.573 e. The summed E-state index contributed by atoms with van der Waals surface area (Å²) < 4.78 is 83.1. The SMILES string of the molecule is COc1ccc(S(=O)(=O)N2C(=O)C(c3cccnc3OC)(N3C[C@H](O)C[C@H]3C(=O)O)c3cc(OC(F)(F)F)ccc32)cc1. The topological polar surface area (TPSA) is 156 Å². The number of benzene rings is 2. The van der Waals surface area contributed by atoms with Crippen molar-refractivity contribution in [2.24, 2.45) is 0 Å². The van der Waals surface area contributed by atoms with Crippen LogP contribution in [0.3, 0.4) is 0 Å². The minimum Gasteiger partial charge on any atom is -0.497 e. The number of nitrogens with zero attached hydrogens (tertiary/aromatic N) is 3. The molecular formula is C27H24F3N3O9S. The Balaban J connectivity index is 1.87. The first-order valence-electron chi connectivity index (χ1n) is 12.6. The van der Waals surface area contributed by atoms with Gasteiger partial charge in [-0.3, -0.25) is 14.5 Å². The van der Waals surface area contributed by atoms with E-state index in [1.165, 1.54) is 56.8 Å². The van der Waals surface area contributed by atoms with E-state index in [2.05, 4.69) is 9.72 Å². The van der Waals surface area contributed by atoms with Crippen molar-refractivity contribution < 1.29 is 55.6 Å². The standard InChI is InChI=1S/C27H24F3N3O9S/c1-40-16-5-8-18(9-6-16)43(38,39)33-21-10-7-17(42-27(28,29)30)13-20(21)26(25(33)37,19-4-3-11-31-23(19)41-2)32-14-15(34)12-22(32)24(35)36/h3-11,13,15,22,34H,12,14H2,1-2H3,(H,35,36)/t15-,22+,26?/m1/s1. The van der Waals surface area contributed by atoms with Crippen molar-refractivity contribution in [1.29, 1.82) is 0 Å². The molecule has 3 atom stereocenters. The zero-order valence-corrected chi connectivity index (χ0v) is 23.3. The van der Waals surface area contributed by atoms with E-state index in [0.717, 1.165) is 23.1 Å². The highest BCUT2D eigenvalue weighted by atomic mass is 32.2. The van der Waals surface area contributed by atoms with Gasteiger partial charge in [-0.05, 0) is 54.6 Å². The largest absolute Gasteiger partial charge is 0.573 e. The molecule has 1 aromatic heterocycles. The molecule has 1 unspecified atom stereocenters. The Bertz CT molecular complexity index is 1680. The van der Waals surface area contributed by atoms with Crippen LogP contribution >= 0.6 is 0 Å². The monoisotopic (exact) mass is 623 g/mol. The van der Waals surface area contributed by atoms with E-state index in [1.807, 2.05) is 0 Å². The summed E-state index contributed by atoms with van der Waals surface area (Å²) in [5, 5.41) is 20.7. The van der Waals surface area contributed by atoms with Gasteiger partial charge in [-0.25, -0.2) is 17.7 Å². The number of amides is 1. The van der Waals surface area contributed by atoms with Gasteiger partial charge in [-0.15, -0.1) is 13.2 Å². The number of ether oxygens (including phenoxy) is 3. The number of methoxy groups -OCH3 is 2. The fourth-order valence-corrected chi connectivity index (χ4v) is 7.04. The average molecular weight is 624 g/mol. The first kappa shape index (κ1) is 30.1. The second kappa shape index (κ2) is 10.7. The number of pyridine rings is 1. The number of carbonyl (C=O) groups is 2. The normalized spacial score (nSPS) is 22.4. The van der Waals surface area contributed by atoms with Crippen LogP contribution in [0.1, 0.15) is 17.5 Å². The third kappa shape index (κ3) is 4.90. The molecule has 5 rings (SSSR count). The molecule has 2 aliphatic heterocycles. The minimum absolute atomic E-state index is 0.166. The lowest BCUT2D eigenvalue weighted by molar-refractivity contribution is -0.274. The van der Waals surface area contributed by atoms with Gasteiger partial charge in [0.2, 0.25) is 5.88 Å². The highest BCUT2D eigenvalue weighted by Crippen LogP contribution is 2.55. The Kier molecular flexibility index (Phi) is 7.48. The first-order valence-corrected chi connectivity index (χ1v) is 14.0. The maximum atomic E-state index is 14.8. The highest BCUT2D eigenvalue weighted by molar-refractivity contribution is 7.93. The number of carboxylic acids is 1. The number of rotatable bonds is 8. The molecule has 1 saturated heterocycles. The van der Waals surface area contributed by atoms with Gasteiger partial charge in [0.25, 0.3) is 15.9 Å². The molecule has 3 heterocycles. The molecule has 2 N–H and O–H groups in total. The smallest absolute Gasteiger partial charge is 0.497 e. The number of anilines is 1. The van der Waals surface area contributed by atoms with Crippen LogP contribution in [0.2, 0.25) is 0 Å². The molecule has 1 amide bonds. The Morgan fingerprint density at radius 2 is 1.72 bits per heavy atom. The molecule has 0 bridgehead atoms. The predicted molar refractivity (Wildman–Crippen MR) is 141 cm³/mol. The summed E-state index contributed by atoms with van der Waals surface area (Å²) in [6.45, 7) is -0.471. The molecule has 0 spiro atoms. The van der Waals surface area contributed by atoms with Crippen LogP contribution < -0.4 is 18.5 Å². The lowest BCUT2D eigenvalue weighted by atomic mass is 9.81. The van der Waals surface area contributed by atoms with Gasteiger partial charge in [0, 0.05) is 30.3 Å². The number of aliphatic carboxylic acids is 1. The van der Waals surface area contributed by atoms with Gasteiger partial charge in [0.05, 0.1) is 30.9 Å². The molecule has 0 saturated carbocycles. The zero-order chi connectivity index (χ0) is 31.3. The molecule has 2 aliphatic rings. The van der Waals surface area contributed by atoms with E-state index in [0.29, 0.717) is 10.1 Å². The summed E-state index contributed by atoms with van der Waals surface area (Å²) in [5.74, 6) is -3.45. The third-order valence-electron chi connectivity index (χ3n) is 7.25. The van der Waals surface area contributed by atoms with Gasteiger partial charge in [0.1, 0.15) is 17.5 Å². The average Bonchev–Trinajstić information content (AvgIpc) is 3.47. The van der Waals surface area contributed by atoms with Crippen LogP contribution in [0.4, 0.5) is 18.9 Å². The summed E-state index contributed by atoms with van der Waals surface area (Å²) in [7, 11) is -2.23. The number of β-amino-alcohol motifs (C(OH)–C–C–N with tert-alkyl or cyclic N) is 1. The molecule has 12 nitrogen and oxygen atoms in total. The van der Waals surface area contributed by atoms with E-state index in [9.17, 15) is 41.4 Å². The van der Waals surface area contributed by atoms with Gasteiger partial charge in [-0.2, -0.15) is 0 Å². The number of fused-ring (bicyclic) bond motifs is 1. The maximum absolute atomic E-state index is 14.8. The fourth-order valence-electron chi connectivity index (χ4n) is 5.58. The van der Waals surface area contributed by atoms with E-state index < -0.39 is 58.2 Å². The number of aromatic nitrogens is 1. The number of hydrogen-bond donors (Lipinski definition) is 2. The second-order valence-corrected chi connectivity index (χ2v) is 11.4. The van der Waals surface area contributed by atoms with Gasteiger partial charge < -0.3 is 24.4 Å². The van der Waals surface area contributed by atoms with Crippen LogP contribution in [0, 0.1) is 0 Å². The quantitative estimate of drug-likeness (QED) is 0.380. The second-order valence-electron chi connectivity index (χ2n) is 9.64. The zero-order valence-electron chi connectivity index (χ0n) is 22.5. The Morgan fingerprint density at radius 1 is 1.05 bits per heavy atom. The van der Waals surface area contributed by atoms with Crippen molar-refractivity contribution in [2.45, 2.75) is 35.4 Å². The van der Waals surface area contributed by atoms with Crippen molar-refractivity contribution in [3.8, 4) is 17.4 Å². The number of carbonyl (C=O) groups excluding carboxylic acids is 1. The first-order chi connectivity index (χ1) is 20.2. The minimum atomic E-state index is -5.16. The lowest BCUT2D eigenvalue weighted by Gasteiger charge is -2.40.